The van der Waals surface area contributed by atoms with Crippen LogP contribution >= 0.6 is 0 Å². The van der Waals surface area contributed by atoms with Gasteiger partial charge >= 0.3 is 0 Å². The van der Waals surface area contributed by atoms with Crippen molar-refractivity contribution in [3.05, 3.63) is 115 Å². The first-order chi connectivity index (χ1) is 11.4. The topological polar surface area (TPSA) is 0 Å². The molecule has 0 saturated heterocycles. The molecule has 0 aliphatic rings. The van der Waals surface area contributed by atoms with E-state index >= 15 is 0 Å². The summed E-state index contributed by atoms with van der Waals surface area (Å²) in [5, 5.41) is 0. The van der Waals surface area contributed by atoms with E-state index < -0.39 is 0 Å². The minimum atomic E-state index is -0.110. The lowest BCUT2D eigenvalue weighted by atomic mass is 9.66. The van der Waals surface area contributed by atoms with E-state index in [0.717, 1.165) is 19.3 Å². The molecule has 0 aromatic heterocycles. The van der Waals surface area contributed by atoms with Crippen molar-refractivity contribution in [2.45, 2.75) is 24.7 Å². The third-order valence-corrected chi connectivity index (χ3v) is 4.60. The summed E-state index contributed by atoms with van der Waals surface area (Å²) in [4.78, 5) is 0. The van der Waals surface area contributed by atoms with Crippen LogP contribution in [-0.2, 0) is 5.41 Å². The third kappa shape index (κ3) is 3.07. The Balaban J connectivity index is 2.25. The van der Waals surface area contributed by atoms with E-state index in [1.54, 1.807) is 0 Å². The molecule has 3 aromatic rings. The zero-order valence-corrected chi connectivity index (χ0v) is 13.5. The summed E-state index contributed by atoms with van der Waals surface area (Å²) in [6.45, 7) is 4.07. The van der Waals surface area contributed by atoms with E-state index in [2.05, 4.69) is 97.9 Å². The van der Waals surface area contributed by atoms with Crippen LogP contribution in [0.4, 0.5) is 0 Å². The zero-order chi connectivity index (χ0) is 16.0. The van der Waals surface area contributed by atoms with Crippen LogP contribution in [0.1, 0.15) is 36.0 Å². The molecule has 3 rings (SSSR count). The number of hydrogen-bond acceptors (Lipinski definition) is 0. The average Bonchev–Trinajstić information content (AvgIpc) is 2.65. The van der Waals surface area contributed by atoms with Gasteiger partial charge in [0.25, 0.3) is 0 Å². The number of unbranched alkanes of at least 4 members (excludes halogenated alkanes) is 1. The smallest absolute Gasteiger partial charge is 0.0451 e. The molecule has 0 heteroatoms. The molecule has 3 aromatic carbocycles. The molecule has 0 nitrogen and oxygen atoms in total. The van der Waals surface area contributed by atoms with Gasteiger partial charge in [0.15, 0.2) is 0 Å². The summed E-state index contributed by atoms with van der Waals surface area (Å²) in [6, 6.07) is 32.6. The van der Waals surface area contributed by atoms with Crippen LogP contribution in [0, 0.1) is 6.92 Å². The second-order valence-corrected chi connectivity index (χ2v) is 5.96. The molecule has 0 aliphatic carbocycles. The van der Waals surface area contributed by atoms with Crippen LogP contribution < -0.4 is 0 Å². The fraction of sp³-hybridized carbons (Fsp3) is 0.174. The first-order valence-corrected chi connectivity index (χ1v) is 8.34. The van der Waals surface area contributed by atoms with Crippen LogP contribution in [-0.4, -0.2) is 0 Å². The van der Waals surface area contributed by atoms with E-state index in [4.69, 9.17) is 0 Å². The molecule has 1 radical (unpaired) electrons. The second kappa shape index (κ2) is 7.28. The van der Waals surface area contributed by atoms with Crippen molar-refractivity contribution < 1.29 is 0 Å². The maximum atomic E-state index is 4.07. The molecule has 23 heavy (non-hydrogen) atoms. The van der Waals surface area contributed by atoms with Crippen molar-refractivity contribution >= 4 is 0 Å². The summed E-state index contributed by atoms with van der Waals surface area (Å²) in [5.74, 6) is 0. The zero-order valence-electron chi connectivity index (χ0n) is 13.5. The van der Waals surface area contributed by atoms with Crippen molar-refractivity contribution in [2.24, 2.45) is 0 Å². The van der Waals surface area contributed by atoms with Crippen molar-refractivity contribution in [1.82, 2.24) is 0 Å². The molecule has 0 spiro atoms. The van der Waals surface area contributed by atoms with Crippen molar-refractivity contribution in [3.63, 3.8) is 0 Å². The number of rotatable bonds is 6. The Morgan fingerprint density at radius 1 is 0.565 bits per heavy atom. The standard InChI is InChI=1S/C23H23/c1-2-3-19-23(20-13-7-4-8-14-20,21-15-9-5-10-16-21)22-17-11-6-12-18-22/h4-18H,1-3,19H2. The van der Waals surface area contributed by atoms with Gasteiger partial charge in [-0.3, -0.25) is 0 Å². The van der Waals surface area contributed by atoms with E-state index in [1.807, 2.05) is 0 Å². The van der Waals surface area contributed by atoms with Gasteiger partial charge < -0.3 is 0 Å². The monoisotopic (exact) mass is 299 g/mol. The third-order valence-electron chi connectivity index (χ3n) is 4.60. The maximum absolute atomic E-state index is 4.07. The Morgan fingerprint density at radius 3 is 1.22 bits per heavy atom. The Bertz CT molecular complexity index is 602. The van der Waals surface area contributed by atoms with Crippen LogP contribution in [0.15, 0.2) is 91.0 Å². The van der Waals surface area contributed by atoms with Crippen molar-refractivity contribution in [3.8, 4) is 0 Å². The van der Waals surface area contributed by atoms with Crippen molar-refractivity contribution in [2.75, 3.05) is 0 Å². The molecule has 0 amide bonds. The van der Waals surface area contributed by atoms with Gasteiger partial charge in [-0.15, -0.1) is 0 Å². The molecule has 0 N–H and O–H groups in total. The highest BCUT2D eigenvalue weighted by molar-refractivity contribution is 5.50. The van der Waals surface area contributed by atoms with Crippen LogP contribution in [0.2, 0.25) is 0 Å². The fourth-order valence-corrected chi connectivity index (χ4v) is 3.49. The van der Waals surface area contributed by atoms with Gasteiger partial charge in [0.1, 0.15) is 0 Å². The Hall–Kier alpha value is -2.34. The normalized spacial score (nSPS) is 11.3. The summed E-state index contributed by atoms with van der Waals surface area (Å²) in [5.41, 5.74) is 3.95. The van der Waals surface area contributed by atoms with Crippen LogP contribution in [0.3, 0.4) is 0 Å². The number of hydrogen-bond donors (Lipinski definition) is 0. The van der Waals surface area contributed by atoms with E-state index in [-0.39, 0.29) is 5.41 Å². The van der Waals surface area contributed by atoms with Gasteiger partial charge in [-0.05, 0) is 23.1 Å². The molecule has 0 saturated carbocycles. The molecular formula is C23H23. The second-order valence-electron chi connectivity index (χ2n) is 5.96. The molecule has 0 heterocycles. The van der Waals surface area contributed by atoms with E-state index in [0.29, 0.717) is 0 Å². The highest BCUT2D eigenvalue weighted by atomic mass is 14.4. The molecule has 0 atom stereocenters. The minimum absolute atomic E-state index is 0.110. The molecule has 115 valence electrons. The van der Waals surface area contributed by atoms with Crippen LogP contribution in [0.25, 0.3) is 0 Å². The maximum Gasteiger partial charge on any atom is 0.0451 e. The van der Waals surface area contributed by atoms with E-state index in [1.165, 1.54) is 16.7 Å². The summed E-state index contributed by atoms with van der Waals surface area (Å²) in [7, 11) is 0. The van der Waals surface area contributed by atoms with Crippen molar-refractivity contribution in [1.29, 1.82) is 0 Å². The predicted molar refractivity (Wildman–Crippen MR) is 98.4 cm³/mol. The minimum Gasteiger partial charge on any atom is -0.0622 e. The molecule has 0 fully saturated rings. The highest BCUT2D eigenvalue weighted by Gasteiger charge is 2.35. The SMILES string of the molecule is [CH2]CCCC(c1ccccc1)(c1ccccc1)c1ccccc1. The quantitative estimate of drug-likeness (QED) is 0.488. The van der Waals surface area contributed by atoms with Gasteiger partial charge in [0.05, 0.1) is 0 Å². The molecule has 0 aliphatic heterocycles. The van der Waals surface area contributed by atoms with E-state index in [9.17, 15) is 0 Å². The fourth-order valence-electron chi connectivity index (χ4n) is 3.49. The van der Waals surface area contributed by atoms with Gasteiger partial charge in [-0.25, -0.2) is 0 Å². The lowest BCUT2D eigenvalue weighted by Crippen LogP contribution is -2.29. The van der Waals surface area contributed by atoms with Crippen LogP contribution in [0.5, 0.6) is 0 Å². The Labute approximate surface area is 139 Å². The predicted octanol–water partition coefficient (Wildman–Crippen LogP) is 6.03. The van der Waals surface area contributed by atoms with Gasteiger partial charge in [-0.2, -0.15) is 0 Å². The molecular weight excluding hydrogens is 276 g/mol. The lowest BCUT2D eigenvalue weighted by Gasteiger charge is -2.36. The lowest BCUT2D eigenvalue weighted by molar-refractivity contribution is 0.535. The summed E-state index contributed by atoms with van der Waals surface area (Å²) in [6.07, 6.45) is 3.11. The Kier molecular flexibility index (Phi) is 4.92. The molecule has 0 bridgehead atoms. The summed E-state index contributed by atoms with van der Waals surface area (Å²) < 4.78 is 0. The first kappa shape index (κ1) is 15.6. The molecule has 0 unspecified atom stereocenters. The largest absolute Gasteiger partial charge is 0.0622 e. The van der Waals surface area contributed by atoms with Gasteiger partial charge in [-0.1, -0.05) is 111 Å². The first-order valence-electron chi connectivity index (χ1n) is 8.34. The highest BCUT2D eigenvalue weighted by Crippen LogP contribution is 2.43. The number of benzene rings is 3. The summed E-state index contributed by atoms with van der Waals surface area (Å²) >= 11 is 0. The Morgan fingerprint density at radius 2 is 0.913 bits per heavy atom. The van der Waals surface area contributed by atoms with Gasteiger partial charge in [0, 0.05) is 5.41 Å². The van der Waals surface area contributed by atoms with Gasteiger partial charge in [0.2, 0.25) is 0 Å². The average molecular weight is 299 g/mol.